The van der Waals surface area contributed by atoms with E-state index in [1.165, 1.54) is 31.4 Å². The first-order chi connectivity index (χ1) is 13.2. The summed E-state index contributed by atoms with van der Waals surface area (Å²) in [6.07, 6.45) is -4.57. The Bertz CT molecular complexity index is 846. The van der Waals surface area contributed by atoms with Crippen LogP contribution in [0.2, 0.25) is 0 Å². The van der Waals surface area contributed by atoms with Crippen molar-refractivity contribution in [1.29, 1.82) is 0 Å². The van der Waals surface area contributed by atoms with Crippen molar-refractivity contribution in [3.63, 3.8) is 0 Å². The summed E-state index contributed by atoms with van der Waals surface area (Å²) in [6, 6.07) is 6.32. The average molecular weight is 398 g/mol. The predicted octanol–water partition coefficient (Wildman–Crippen LogP) is 3.85. The quantitative estimate of drug-likeness (QED) is 0.718. The number of aryl methyl sites for hydroxylation is 1. The lowest BCUT2D eigenvalue weighted by atomic mass is 10.1. The average Bonchev–Trinajstić information content (AvgIpc) is 3.00. The summed E-state index contributed by atoms with van der Waals surface area (Å²) in [5.74, 6) is -0.281. The summed E-state index contributed by atoms with van der Waals surface area (Å²) in [5, 5.41) is 2.31. The molecule has 152 valence electrons. The number of rotatable bonds is 7. The normalized spacial score (nSPS) is 11.5. The zero-order chi connectivity index (χ0) is 20.9. The number of benzene rings is 1. The van der Waals surface area contributed by atoms with Crippen molar-refractivity contribution in [2.24, 2.45) is 0 Å². The van der Waals surface area contributed by atoms with E-state index in [1.54, 1.807) is 18.7 Å². The molecule has 0 fully saturated rings. The molecule has 0 saturated carbocycles. The highest BCUT2D eigenvalue weighted by molar-refractivity contribution is 5.93. The standard InChI is InChI=1S/C19H21F3N2O4/c1-4-24(10-13-9-14(12(2)28-13)18(26)27-3)11-17(25)23-16-8-6-5-7-15(16)19(20,21)22/h5-9H,4,10-11H2,1-3H3,(H,23,25). The first-order valence-electron chi connectivity index (χ1n) is 8.51. The fraction of sp³-hybridized carbons (Fsp3) is 0.368. The minimum absolute atomic E-state index is 0.143. The summed E-state index contributed by atoms with van der Waals surface area (Å²) >= 11 is 0. The van der Waals surface area contributed by atoms with Crippen molar-refractivity contribution in [2.45, 2.75) is 26.6 Å². The summed E-state index contributed by atoms with van der Waals surface area (Å²) in [4.78, 5) is 25.6. The number of furan rings is 1. The van der Waals surface area contributed by atoms with Gasteiger partial charge in [-0.05, 0) is 31.7 Å². The Balaban J connectivity index is 2.06. The van der Waals surface area contributed by atoms with Crippen LogP contribution >= 0.6 is 0 Å². The van der Waals surface area contributed by atoms with E-state index in [0.717, 1.165) is 6.07 Å². The van der Waals surface area contributed by atoms with Crippen LogP contribution in [0.3, 0.4) is 0 Å². The lowest BCUT2D eigenvalue weighted by molar-refractivity contribution is -0.137. The molecule has 1 aromatic carbocycles. The van der Waals surface area contributed by atoms with Gasteiger partial charge in [0.05, 0.1) is 31.5 Å². The third-order valence-electron chi connectivity index (χ3n) is 4.07. The van der Waals surface area contributed by atoms with E-state index in [0.29, 0.717) is 18.1 Å². The van der Waals surface area contributed by atoms with Crippen LogP contribution < -0.4 is 5.32 Å². The van der Waals surface area contributed by atoms with Crippen molar-refractivity contribution < 1.29 is 31.9 Å². The van der Waals surface area contributed by atoms with Crippen molar-refractivity contribution in [1.82, 2.24) is 4.90 Å². The number of nitrogens with zero attached hydrogens (tertiary/aromatic N) is 1. The largest absolute Gasteiger partial charge is 0.465 e. The van der Waals surface area contributed by atoms with Crippen molar-refractivity contribution in [3.8, 4) is 0 Å². The Hall–Kier alpha value is -2.81. The van der Waals surface area contributed by atoms with E-state index in [-0.39, 0.29) is 24.3 Å². The SMILES string of the molecule is CCN(CC(=O)Nc1ccccc1C(F)(F)F)Cc1cc(C(=O)OC)c(C)o1. The highest BCUT2D eigenvalue weighted by Gasteiger charge is 2.33. The van der Waals surface area contributed by atoms with Gasteiger partial charge in [0.1, 0.15) is 17.1 Å². The van der Waals surface area contributed by atoms with E-state index in [1.807, 2.05) is 0 Å². The van der Waals surface area contributed by atoms with Crippen LogP contribution in [0.5, 0.6) is 0 Å². The number of hydrogen-bond donors (Lipinski definition) is 1. The summed E-state index contributed by atoms with van der Waals surface area (Å²) in [6.45, 7) is 3.93. The molecule has 0 saturated heterocycles. The van der Waals surface area contributed by atoms with E-state index < -0.39 is 23.6 Å². The molecule has 1 heterocycles. The zero-order valence-corrected chi connectivity index (χ0v) is 15.7. The van der Waals surface area contributed by atoms with Gasteiger partial charge in [-0.2, -0.15) is 13.2 Å². The molecule has 9 heteroatoms. The monoisotopic (exact) mass is 398 g/mol. The molecule has 1 N–H and O–H groups in total. The third kappa shape index (κ3) is 5.35. The molecule has 0 aliphatic heterocycles. The molecule has 0 unspecified atom stereocenters. The van der Waals surface area contributed by atoms with Crippen LogP contribution in [0, 0.1) is 6.92 Å². The smallest absolute Gasteiger partial charge is 0.418 e. The van der Waals surface area contributed by atoms with Crippen LogP contribution in [0.25, 0.3) is 0 Å². The number of ether oxygens (including phenoxy) is 1. The van der Waals surface area contributed by atoms with Gasteiger partial charge in [-0.1, -0.05) is 19.1 Å². The van der Waals surface area contributed by atoms with E-state index in [4.69, 9.17) is 4.42 Å². The molecule has 2 aromatic rings. The number of carbonyl (C=O) groups is 2. The van der Waals surface area contributed by atoms with Crippen molar-refractivity contribution >= 4 is 17.6 Å². The Morgan fingerprint density at radius 3 is 2.54 bits per heavy atom. The van der Waals surface area contributed by atoms with E-state index in [2.05, 4.69) is 10.1 Å². The first-order valence-corrected chi connectivity index (χ1v) is 8.51. The van der Waals surface area contributed by atoms with Crippen LogP contribution in [0.4, 0.5) is 18.9 Å². The summed E-state index contributed by atoms with van der Waals surface area (Å²) in [7, 11) is 1.26. The molecule has 28 heavy (non-hydrogen) atoms. The molecule has 2 rings (SSSR count). The van der Waals surface area contributed by atoms with Gasteiger partial charge in [0.25, 0.3) is 0 Å². The van der Waals surface area contributed by atoms with Gasteiger partial charge in [-0.15, -0.1) is 0 Å². The highest BCUT2D eigenvalue weighted by atomic mass is 19.4. The van der Waals surface area contributed by atoms with Crippen LogP contribution in [0.15, 0.2) is 34.7 Å². The number of amides is 1. The molecule has 1 aromatic heterocycles. The third-order valence-corrected chi connectivity index (χ3v) is 4.07. The number of likely N-dealkylation sites (N-methyl/N-ethyl adjacent to an activating group) is 1. The van der Waals surface area contributed by atoms with Gasteiger partial charge in [-0.25, -0.2) is 4.79 Å². The van der Waals surface area contributed by atoms with Crippen LogP contribution in [-0.4, -0.2) is 37.0 Å². The molecular formula is C19H21F3N2O4. The summed E-state index contributed by atoms with van der Waals surface area (Å²) in [5.41, 5.74) is -0.911. The molecular weight excluding hydrogens is 377 g/mol. The number of para-hydroxylation sites is 1. The zero-order valence-electron chi connectivity index (χ0n) is 15.7. The minimum atomic E-state index is -4.57. The van der Waals surface area contributed by atoms with Gasteiger partial charge in [0, 0.05) is 0 Å². The number of nitrogens with one attached hydrogen (secondary N) is 1. The number of alkyl halides is 3. The number of esters is 1. The Labute approximate surface area is 160 Å². The number of hydrogen-bond acceptors (Lipinski definition) is 5. The van der Waals surface area contributed by atoms with Crippen LogP contribution in [-0.2, 0) is 22.3 Å². The number of halogens is 3. The van der Waals surface area contributed by atoms with E-state index >= 15 is 0 Å². The predicted molar refractivity (Wildman–Crippen MR) is 95.8 cm³/mol. The van der Waals surface area contributed by atoms with E-state index in [9.17, 15) is 22.8 Å². The van der Waals surface area contributed by atoms with Gasteiger partial charge in [0.15, 0.2) is 0 Å². The van der Waals surface area contributed by atoms with Gasteiger partial charge < -0.3 is 14.5 Å². The molecule has 0 radical (unpaired) electrons. The Kier molecular flexibility index (Phi) is 6.85. The molecule has 0 bridgehead atoms. The Morgan fingerprint density at radius 2 is 1.93 bits per heavy atom. The van der Waals surface area contributed by atoms with Crippen LogP contribution in [0.1, 0.15) is 34.4 Å². The molecule has 0 spiro atoms. The van der Waals surface area contributed by atoms with Crippen molar-refractivity contribution in [3.05, 3.63) is 53.0 Å². The lowest BCUT2D eigenvalue weighted by Gasteiger charge is -2.19. The lowest BCUT2D eigenvalue weighted by Crippen LogP contribution is -2.33. The number of methoxy groups -OCH3 is 1. The molecule has 1 amide bonds. The second-order valence-electron chi connectivity index (χ2n) is 6.07. The highest BCUT2D eigenvalue weighted by Crippen LogP contribution is 2.34. The molecule has 0 aliphatic rings. The maximum absolute atomic E-state index is 13.0. The second kappa shape index (κ2) is 8.92. The number of carbonyl (C=O) groups excluding carboxylic acids is 2. The van der Waals surface area contributed by atoms with Gasteiger partial charge in [-0.3, -0.25) is 9.69 Å². The maximum Gasteiger partial charge on any atom is 0.418 e. The number of anilines is 1. The molecule has 0 atom stereocenters. The first kappa shape index (κ1) is 21.5. The van der Waals surface area contributed by atoms with Crippen molar-refractivity contribution in [2.75, 3.05) is 25.5 Å². The topological polar surface area (TPSA) is 71.8 Å². The fourth-order valence-electron chi connectivity index (χ4n) is 2.67. The summed E-state index contributed by atoms with van der Waals surface area (Å²) < 4.78 is 49.3. The second-order valence-corrected chi connectivity index (χ2v) is 6.07. The molecule has 0 aliphatic carbocycles. The maximum atomic E-state index is 13.0. The molecule has 6 nitrogen and oxygen atoms in total. The Morgan fingerprint density at radius 1 is 1.25 bits per heavy atom. The fourth-order valence-corrected chi connectivity index (χ4v) is 2.67. The van der Waals surface area contributed by atoms with Gasteiger partial charge >= 0.3 is 12.1 Å². The van der Waals surface area contributed by atoms with Gasteiger partial charge in [0.2, 0.25) is 5.91 Å². The minimum Gasteiger partial charge on any atom is -0.465 e.